The van der Waals surface area contributed by atoms with Crippen molar-refractivity contribution in [2.75, 3.05) is 24.2 Å². The van der Waals surface area contributed by atoms with E-state index in [-0.39, 0.29) is 29.0 Å². The molecule has 0 radical (unpaired) electrons. The Kier molecular flexibility index (Phi) is 4.38. The third-order valence-corrected chi connectivity index (χ3v) is 7.04. The van der Waals surface area contributed by atoms with E-state index in [2.05, 4.69) is 20.4 Å². The molecule has 2 aromatic heterocycles. The highest BCUT2D eigenvalue weighted by atomic mass is 32.2. The van der Waals surface area contributed by atoms with Gasteiger partial charge in [0.15, 0.2) is 5.82 Å². The maximum Gasteiger partial charge on any atom is 0.421 e. The minimum absolute atomic E-state index is 0.00584. The van der Waals surface area contributed by atoms with Crippen molar-refractivity contribution in [3.8, 4) is 5.82 Å². The molecule has 1 aliphatic carbocycles. The highest BCUT2D eigenvalue weighted by Gasteiger charge is 2.55. The summed E-state index contributed by atoms with van der Waals surface area (Å²) in [5.41, 5.74) is -1.01. The minimum Gasteiger partial charge on any atom is -0.351 e. The lowest BCUT2D eigenvalue weighted by Gasteiger charge is -2.58. The van der Waals surface area contributed by atoms with Gasteiger partial charge in [0.2, 0.25) is 16.0 Å². The van der Waals surface area contributed by atoms with Gasteiger partial charge in [-0.1, -0.05) is 0 Å². The number of sulfonamides is 1. The zero-order chi connectivity index (χ0) is 20.2. The van der Waals surface area contributed by atoms with Gasteiger partial charge in [0, 0.05) is 43.1 Å². The monoisotopic (exact) mass is 416 g/mol. The smallest absolute Gasteiger partial charge is 0.351 e. The first-order valence-electron chi connectivity index (χ1n) is 8.80. The van der Waals surface area contributed by atoms with Gasteiger partial charge < -0.3 is 5.32 Å². The normalized spacial score (nSPS) is 20.0. The molecular formula is C16H19F3N6O2S. The molecular weight excluding hydrogens is 397 g/mol. The molecule has 1 N–H and O–H groups in total. The Labute approximate surface area is 159 Å². The number of hydrogen-bond acceptors (Lipinski definition) is 6. The fourth-order valence-corrected chi connectivity index (χ4v) is 5.13. The van der Waals surface area contributed by atoms with Crippen LogP contribution in [-0.4, -0.2) is 57.4 Å². The van der Waals surface area contributed by atoms with Gasteiger partial charge in [-0.15, -0.1) is 0 Å². The Morgan fingerprint density at radius 2 is 2.04 bits per heavy atom. The molecule has 0 atom stereocenters. The van der Waals surface area contributed by atoms with Gasteiger partial charge in [-0.2, -0.15) is 23.3 Å². The van der Waals surface area contributed by atoms with E-state index in [1.165, 1.54) is 22.8 Å². The number of nitrogens with one attached hydrogen (secondary N) is 1. The number of halogens is 3. The van der Waals surface area contributed by atoms with Gasteiger partial charge in [-0.3, -0.25) is 0 Å². The Bertz CT molecular complexity index is 963. The second-order valence-corrected chi connectivity index (χ2v) is 9.55. The maximum absolute atomic E-state index is 13.2. The third-order valence-electron chi connectivity index (χ3n) is 5.27. The standard InChI is InChI=1S/C16H19F3N6O2S/c1-2-28(26,27)24-9-15(10-24)6-11(7-15)22-14-20-8-12(16(17,18)19)13(23-14)25-5-3-4-21-25/h3-5,8,11H,2,6-7,9-10H2,1H3,(H,20,22,23). The van der Waals surface area contributed by atoms with Crippen molar-refractivity contribution >= 4 is 16.0 Å². The fourth-order valence-electron chi connectivity index (χ4n) is 3.82. The number of aromatic nitrogens is 4. The van der Waals surface area contributed by atoms with E-state index in [1.807, 2.05) is 0 Å². The second kappa shape index (κ2) is 6.41. The van der Waals surface area contributed by atoms with E-state index < -0.39 is 21.8 Å². The summed E-state index contributed by atoms with van der Waals surface area (Å²) in [6.07, 6.45) is 0.364. The summed E-state index contributed by atoms with van der Waals surface area (Å²) in [6.45, 7) is 2.60. The summed E-state index contributed by atoms with van der Waals surface area (Å²) in [6, 6.07) is 1.51. The summed E-state index contributed by atoms with van der Waals surface area (Å²) < 4.78 is 65.9. The number of nitrogens with zero attached hydrogens (tertiary/aromatic N) is 5. The van der Waals surface area contributed by atoms with E-state index in [0.717, 1.165) is 23.7 Å². The Morgan fingerprint density at radius 1 is 1.32 bits per heavy atom. The summed E-state index contributed by atoms with van der Waals surface area (Å²) in [5, 5.41) is 6.89. The fraction of sp³-hybridized carbons (Fsp3) is 0.562. The van der Waals surface area contributed by atoms with Crippen molar-refractivity contribution in [1.29, 1.82) is 0 Å². The quantitative estimate of drug-likeness (QED) is 0.801. The lowest BCUT2D eigenvalue weighted by molar-refractivity contribution is -0.138. The first-order valence-corrected chi connectivity index (χ1v) is 10.4. The molecule has 0 aromatic carbocycles. The molecule has 8 nitrogen and oxygen atoms in total. The van der Waals surface area contributed by atoms with Crippen LogP contribution in [0.25, 0.3) is 5.82 Å². The van der Waals surface area contributed by atoms with Crippen LogP contribution < -0.4 is 5.32 Å². The molecule has 2 aromatic rings. The van der Waals surface area contributed by atoms with Gasteiger partial charge >= 0.3 is 6.18 Å². The van der Waals surface area contributed by atoms with Crippen LogP contribution in [-0.2, 0) is 16.2 Å². The van der Waals surface area contributed by atoms with Gasteiger partial charge in [0.1, 0.15) is 5.56 Å². The molecule has 0 unspecified atom stereocenters. The predicted molar refractivity (Wildman–Crippen MR) is 94.3 cm³/mol. The molecule has 12 heteroatoms. The van der Waals surface area contributed by atoms with Crippen LogP contribution in [0, 0.1) is 5.41 Å². The molecule has 3 heterocycles. The van der Waals surface area contributed by atoms with Crippen LogP contribution in [0.2, 0.25) is 0 Å². The van der Waals surface area contributed by atoms with E-state index in [9.17, 15) is 21.6 Å². The van der Waals surface area contributed by atoms with Crippen molar-refractivity contribution in [3.63, 3.8) is 0 Å². The summed E-state index contributed by atoms with van der Waals surface area (Å²) in [7, 11) is -3.16. The maximum atomic E-state index is 13.2. The topological polar surface area (TPSA) is 93.0 Å². The van der Waals surface area contributed by atoms with Crippen LogP contribution in [0.5, 0.6) is 0 Å². The molecule has 1 saturated heterocycles. The highest BCUT2D eigenvalue weighted by molar-refractivity contribution is 7.89. The third kappa shape index (κ3) is 3.34. The summed E-state index contributed by atoms with van der Waals surface area (Å²) in [5.74, 6) is -0.163. The first-order chi connectivity index (χ1) is 13.1. The number of rotatable bonds is 5. The molecule has 1 saturated carbocycles. The van der Waals surface area contributed by atoms with E-state index in [0.29, 0.717) is 13.1 Å². The number of hydrogen-bond donors (Lipinski definition) is 1. The van der Waals surface area contributed by atoms with E-state index in [1.54, 1.807) is 6.92 Å². The van der Waals surface area contributed by atoms with Crippen LogP contribution in [0.1, 0.15) is 25.3 Å². The minimum atomic E-state index is -4.60. The molecule has 2 aliphatic rings. The van der Waals surface area contributed by atoms with Crippen LogP contribution in [0.3, 0.4) is 0 Å². The summed E-state index contributed by atoms with van der Waals surface area (Å²) in [4.78, 5) is 7.82. The van der Waals surface area contributed by atoms with Gasteiger partial charge in [-0.25, -0.2) is 22.4 Å². The molecule has 1 spiro atoms. The first kappa shape index (κ1) is 19.1. The Balaban J connectivity index is 1.44. The molecule has 28 heavy (non-hydrogen) atoms. The van der Waals surface area contributed by atoms with E-state index >= 15 is 0 Å². The lowest BCUT2D eigenvalue weighted by atomic mass is 9.61. The van der Waals surface area contributed by atoms with Crippen LogP contribution in [0.15, 0.2) is 24.7 Å². The van der Waals surface area contributed by atoms with Gasteiger partial charge in [0.05, 0.1) is 5.75 Å². The zero-order valence-electron chi connectivity index (χ0n) is 15.0. The zero-order valence-corrected chi connectivity index (χ0v) is 15.8. The molecule has 1 aliphatic heterocycles. The van der Waals surface area contributed by atoms with Crippen molar-refractivity contribution in [1.82, 2.24) is 24.1 Å². The van der Waals surface area contributed by atoms with Crippen molar-refractivity contribution in [3.05, 3.63) is 30.2 Å². The molecule has 152 valence electrons. The number of alkyl halides is 3. The van der Waals surface area contributed by atoms with E-state index in [4.69, 9.17) is 0 Å². The average Bonchev–Trinajstić information content (AvgIpc) is 3.09. The van der Waals surface area contributed by atoms with Crippen molar-refractivity contribution < 1.29 is 21.6 Å². The molecule has 0 bridgehead atoms. The van der Waals surface area contributed by atoms with Crippen LogP contribution >= 0.6 is 0 Å². The SMILES string of the molecule is CCS(=O)(=O)N1CC2(CC(Nc3ncc(C(F)(F)F)c(-n4cccn4)n3)C2)C1. The summed E-state index contributed by atoms with van der Waals surface area (Å²) >= 11 is 0. The van der Waals surface area contributed by atoms with Gasteiger partial charge in [-0.05, 0) is 25.8 Å². The van der Waals surface area contributed by atoms with Crippen molar-refractivity contribution in [2.24, 2.45) is 5.41 Å². The lowest BCUT2D eigenvalue weighted by Crippen LogP contribution is -2.66. The molecule has 2 fully saturated rings. The van der Waals surface area contributed by atoms with Crippen molar-refractivity contribution in [2.45, 2.75) is 32.0 Å². The largest absolute Gasteiger partial charge is 0.421 e. The Morgan fingerprint density at radius 3 is 2.61 bits per heavy atom. The Hall–Kier alpha value is -2.21. The molecule has 4 rings (SSSR count). The van der Waals surface area contributed by atoms with Crippen LogP contribution in [0.4, 0.5) is 19.1 Å². The second-order valence-electron chi connectivity index (χ2n) is 7.30. The van der Waals surface area contributed by atoms with Gasteiger partial charge in [0.25, 0.3) is 0 Å². The predicted octanol–water partition coefficient (Wildman–Crippen LogP) is 1.91. The highest BCUT2D eigenvalue weighted by Crippen LogP contribution is 2.50. The average molecular weight is 416 g/mol. The number of anilines is 1. The molecule has 0 amide bonds.